The van der Waals surface area contributed by atoms with E-state index in [-0.39, 0.29) is 11.5 Å². The second-order valence-corrected chi connectivity index (χ2v) is 4.47. The van der Waals surface area contributed by atoms with Gasteiger partial charge < -0.3 is 21.1 Å². The Balaban J connectivity index is 1.90. The van der Waals surface area contributed by atoms with Gasteiger partial charge in [0, 0.05) is 12.2 Å². The molecule has 1 atom stereocenters. The van der Waals surface area contributed by atoms with Crippen molar-refractivity contribution in [3.63, 3.8) is 0 Å². The van der Waals surface area contributed by atoms with Crippen LogP contribution >= 0.6 is 0 Å². The van der Waals surface area contributed by atoms with Crippen molar-refractivity contribution in [2.75, 3.05) is 11.9 Å². The van der Waals surface area contributed by atoms with Crippen LogP contribution < -0.4 is 16.0 Å². The number of anilines is 1. The van der Waals surface area contributed by atoms with E-state index in [1.54, 1.807) is 0 Å². The van der Waals surface area contributed by atoms with E-state index in [4.69, 9.17) is 5.11 Å². The first kappa shape index (κ1) is 13.9. The Hall–Kier alpha value is -2.57. The average molecular weight is 277 g/mol. The Kier molecular flexibility index (Phi) is 4.19. The fourth-order valence-corrected chi connectivity index (χ4v) is 1.93. The zero-order chi connectivity index (χ0) is 14.5. The van der Waals surface area contributed by atoms with Crippen LogP contribution in [-0.4, -0.2) is 35.6 Å². The van der Waals surface area contributed by atoms with E-state index < -0.39 is 18.0 Å². The zero-order valence-corrected chi connectivity index (χ0v) is 10.7. The van der Waals surface area contributed by atoms with Crippen molar-refractivity contribution < 1.29 is 19.5 Å². The highest BCUT2D eigenvalue weighted by atomic mass is 16.4. The van der Waals surface area contributed by atoms with Crippen LogP contribution in [0.15, 0.2) is 24.3 Å². The van der Waals surface area contributed by atoms with Crippen LogP contribution in [0.1, 0.15) is 23.2 Å². The van der Waals surface area contributed by atoms with Gasteiger partial charge in [0.2, 0.25) is 5.91 Å². The van der Waals surface area contributed by atoms with Gasteiger partial charge in [0.1, 0.15) is 6.04 Å². The summed E-state index contributed by atoms with van der Waals surface area (Å²) in [6.45, 7) is 0.634. The minimum atomic E-state index is -1.03. The molecule has 4 N–H and O–H groups in total. The smallest absolute Gasteiger partial charge is 0.335 e. The number of aromatic carboxylic acids is 1. The van der Waals surface area contributed by atoms with Gasteiger partial charge >= 0.3 is 12.0 Å². The minimum absolute atomic E-state index is 0.141. The number of urea groups is 1. The number of hydrogen-bond donors (Lipinski definition) is 4. The molecule has 0 radical (unpaired) electrons. The summed E-state index contributed by atoms with van der Waals surface area (Å²) in [5, 5.41) is 16.6. The van der Waals surface area contributed by atoms with E-state index in [0.29, 0.717) is 18.7 Å². The number of carboxylic acids is 1. The molecule has 1 fully saturated rings. The Morgan fingerprint density at radius 2 is 1.95 bits per heavy atom. The molecule has 20 heavy (non-hydrogen) atoms. The summed E-state index contributed by atoms with van der Waals surface area (Å²) in [6.07, 6.45) is 1.43. The second kappa shape index (κ2) is 6.05. The van der Waals surface area contributed by atoms with Crippen molar-refractivity contribution in [2.24, 2.45) is 0 Å². The molecule has 1 unspecified atom stereocenters. The molecule has 1 aromatic rings. The predicted molar refractivity (Wildman–Crippen MR) is 71.6 cm³/mol. The van der Waals surface area contributed by atoms with Gasteiger partial charge in [-0.1, -0.05) is 0 Å². The van der Waals surface area contributed by atoms with Crippen molar-refractivity contribution >= 4 is 23.6 Å². The molecule has 0 aliphatic carbocycles. The van der Waals surface area contributed by atoms with Crippen LogP contribution in [0.3, 0.4) is 0 Å². The van der Waals surface area contributed by atoms with Gasteiger partial charge in [-0.15, -0.1) is 0 Å². The molecule has 0 spiro atoms. The maximum atomic E-state index is 11.7. The van der Waals surface area contributed by atoms with E-state index in [1.165, 1.54) is 24.3 Å². The Bertz CT molecular complexity index is 527. The third-order valence-corrected chi connectivity index (χ3v) is 2.98. The van der Waals surface area contributed by atoms with Crippen molar-refractivity contribution in [2.45, 2.75) is 18.9 Å². The first-order valence-corrected chi connectivity index (χ1v) is 6.25. The first-order chi connectivity index (χ1) is 9.56. The van der Waals surface area contributed by atoms with Crippen molar-refractivity contribution in [3.05, 3.63) is 29.8 Å². The molecule has 0 bridgehead atoms. The summed E-state index contributed by atoms with van der Waals surface area (Å²) in [5.41, 5.74) is 0.603. The maximum absolute atomic E-state index is 11.7. The van der Waals surface area contributed by atoms with Crippen LogP contribution in [0.2, 0.25) is 0 Å². The van der Waals surface area contributed by atoms with E-state index in [2.05, 4.69) is 16.0 Å². The molecule has 106 valence electrons. The summed E-state index contributed by atoms with van der Waals surface area (Å²) in [6, 6.07) is 4.75. The lowest BCUT2D eigenvalue weighted by atomic mass is 10.1. The molecule has 0 aromatic heterocycles. The van der Waals surface area contributed by atoms with Gasteiger partial charge in [-0.3, -0.25) is 4.79 Å². The number of nitrogens with one attached hydrogen (secondary N) is 3. The van der Waals surface area contributed by atoms with E-state index in [0.717, 1.165) is 6.42 Å². The number of hydrogen-bond acceptors (Lipinski definition) is 3. The number of rotatable bonds is 3. The van der Waals surface area contributed by atoms with Crippen molar-refractivity contribution in [1.29, 1.82) is 0 Å². The maximum Gasteiger partial charge on any atom is 0.335 e. The van der Waals surface area contributed by atoms with Gasteiger partial charge in [-0.2, -0.15) is 0 Å². The molecule has 2 rings (SSSR count). The third-order valence-electron chi connectivity index (χ3n) is 2.98. The lowest BCUT2D eigenvalue weighted by molar-refractivity contribution is -0.124. The van der Waals surface area contributed by atoms with Crippen LogP contribution in [-0.2, 0) is 4.79 Å². The summed E-state index contributed by atoms with van der Waals surface area (Å²) >= 11 is 0. The second-order valence-electron chi connectivity index (χ2n) is 4.47. The fourth-order valence-electron chi connectivity index (χ4n) is 1.93. The summed E-state index contributed by atoms with van der Waals surface area (Å²) in [4.78, 5) is 33.9. The molecule has 1 heterocycles. The molecule has 1 aromatic carbocycles. The standard InChI is InChI=1S/C13H15N3O4/c17-11-10(2-1-7-14-11)16-13(20)15-9-5-3-8(4-6-9)12(18)19/h3-6,10H,1-2,7H2,(H,14,17)(H,18,19)(H2,15,16,20). The third kappa shape index (κ3) is 3.47. The van der Waals surface area contributed by atoms with Crippen LogP contribution in [0, 0.1) is 0 Å². The van der Waals surface area contributed by atoms with E-state index in [1.807, 2.05) is 0 Å². The highest BCUT2D eigenvalue weighted by Gasteiger charge is 2.23. The topological polar surface area (TPSA) is 108 Å². The number of piperidine rings is 1. The lowest BCUT2D eigenvalue weighted by Crippen LogP contribution is -2.51. The number of carboxylic acid groups (broad SMARTS) is 1. The minimum Gasteiger partial charge on any atom is -0.478 e. The van der Waals surface area contributed by atoms with Crippen molar-refractivity contribution in [1.82, 2.24) is 10.6 Å². The normalized spacial score (nSPS) is 18.0. The number of benzene rings is 1. The van der Waals surface area contributed by atoms with Gasteiger partial charge in [0.25, 0.3) is 0 Å². The molecular weight excluding hydrogens is 262 g/mol. The van der Waals surface area contributed by atoms with Gasteiger partial charge in [0.05, 0.1) is 5.56 Å². The first-order valence-electron chi connectivity index (χ1n) is 6.25. The summed E-state index contributed by atoms with van der Waals surface area (Å²) in [5.74, 6) is -1.22. The largest absolute Gasteiger partial charge is 0.478 e. The highest BCUT2D eigenvalue weighted by molar-refractivity contribution is 5.94. The van der Waals surface area contributed by atoms with Crippen LogP contribution in [0.4, 0.5) is 10.5 Å². The van der Waals surface area contributed by atoms with Gasteiger partial charge in [-0.25, -0.2) is 9.59 Å². The Morgan fingerprint density at radius 3 is 2.55 bits per heavy atom. The van der Waals surface area contributed by atoms with Crippen LogP contribution in [0.25, 0.3) is 0 Å². The highest BCUT2D eigenvalue weighted by Crippen LogP contribution is 2.10. The number of carbonyl (C=O) groups is 3. The zero-order valence-electron chi connectivity index (χ0n) is 10.7. The average Bonchev–Trinajstić information content (AvgIpc) is 2.42. The molecule has 7 nitrogen and oxygen atoms in total. The van der Waals surface area contributed by atoms with Crippen LogP contribution in [0.5, 0.6) is 0 Å². The SMILES string of the molecule is O=C(Nc1ccc(C(=O)O)cc1)NC1CCCNC1=O. The summed E-state index contributed by atoms with van der Waals surface area (Å²) < 4.78 is 0. The molecule has 0 saturated carbocycles. The predicted octanol–water partition coefficient (Wildman–Crippen LogP) is 0.785. The quantitative estimate of drug-likeness (QED) is 0.655. The molecular formula is C13H15N3O4. The van der Waals surface area contributed by atoms with Gasteiger partial charge in [0.15, 0.2) is 0 Å². The molecule has 7 heteroatoms. The van der Waals surface area contributed by atoms with E-state index in [9.17, 15) is 14.4 Å². The monoisotopic (exact) mass is 277 g/mol. The summed E-state index contributed by atoms with van der Waals surface area (Å²) in [7, 11) is 0. The van der Waals surface area contributed by atoms with E-state index >= 15 is 0 Å². The molecule has 1 aliphatic heterocycles. The van der Waals surface area contributed by atoms with Crippen molar-refractivity contribution in [3.8, 4) is 0 Å². The Morgan fingerprint density at radius 1 is 1.25 bits per heavy atom. The lowest BCUT2D eigenvalue weighted by Gasteiger charge is -2.22. The Labute approximate surface area is 115 Å². The molecule has 3 amide bonds. The molecule has 1 saturated heterocycles. The number of amides is 3. The molecule has 1 aliphatic rings. The number of carbonyl (C=O) groups excluding carboxylic acids is 2. The van der Waals surface area contributed by atoms with Gasteiger partial charge in [-0.05, 0) is 37.1 Å². The fraction of sp³-hybridized carbons (Fsp3) is 0.308.